The molecule has 0 fully saturated rings. The molecule has 230 valence electrons. The highest BCUT2D eigenvalue weighted by Gasteiger charge is 2.18. The van der Waals surface area contributed by atoms with Crippen LogP contribution >= 0.6 is 0 Å². The van der Waals surface area contributed by atoms with Gasteiger partial charge in [-0.15, -0.1) is 0 Å². The lowest BCUT2D eigenvalue weighted by atomic mass is 10.00. The molecule has 4 heterocycles. The fraction of sp³-hybridized carbons (Fsp3) is 0.286. The summed E-state index contributed by atoms with van der Waals surface area (Å²) in [5.74, 6) is 0. The van der Waals surface area contributed by atoms with Crippen LogP contribution < -0.4 is 9.13 Å². The van der Waals surface area contributed by atoms with Crippen LogP contribution in [0.3, 0.4) is 0 Å². The number of nitrogens with one attached hydrogen (secondary N) is 2. The first-order chi connectivity index (χ1) is 22.5. The molecule has 0 aliphatic carbocycles. The number of benzene rings is 4. The molecule has 4 aromatic carbocycles. The van der Waals surface area contributed by atoms with Gasteiger partial charge in [-0.1, -0.05) is 49.2 Å². The molecule has 8 rings (SSSR count). The summed E-state index contributed by atoms with van der Waals surface area (Å²) in [6, 6.07) is 26.8. The Kier molecular flexibility index (Phi) is 7.24. The van der Waals surface area contributed by atoms with E-state index in [-0.39, 0.29) is 0 Å². The first-order valence-electron chi connectivity index (χ1n) is 17.1. The van der Waals surface area contributed by atoms with Gasteiger partial charge in [-0.25, -0.2) is 9.13 Å². The van der Waals surface area contributed by atoms with E-state index in [0.717, 1.165) is 13.1 Å². The predicted molar refractivity (Wildman–Crippen MR) is 194 cm³/mol. The van der Waals surface area contributed by atoms with Crippen LogP contribution in [-0.4, -0.2) is 9.97 Å². The average Bonchev–Trinajstić information content (AvgIpc) is 3.64. The Balaban J connectivity index is 0.878. The number of nitrogens with zero attached hydrogens (tertiary/aromatic N) is 2. The largest absolute Gasteiger partial charge is 0.354 e. The van der Waals surface area contributed by atoms with Gasteiger partial charge in [0, 0.05) is 82.2 Å². The van der Waals surface area contributed by atoms with Crippen molar-refractivity contribution in [2.24, 2.45) is 0 Å². The maximum absolute atomic E-state index is 3.66. The summed E-state index contributed by atoms with van der Waals surface area (Å²) >= 11 is 0. The van der Waals surface area contributed by atoms with Crippen molar-refractivity contribution in [3.05, 3.63) is 108 Å². The van der Waals surface area contributed by atoms with Crippen LogP contribution in [0.5, 0.6) is 0 Å². The molecule has 0 aliphatic heterocycles. The number of hydrogen-bond donors (Lipinski definition) is 2. The Labute approximate surface area is 270 Å². The fourth-order valence-electron chi connectivity index (χ4n) is 7.98. The molecule has 0 amide bonds. The van der Waals surface area contributed by atoms with Crippen LogP contribution in [0.4, 0.5) is 0 Å². The maximum atomic E-state index is 3.66. The number of fused-ring (bicyclic) bond motifs is 8. The maximum Gasteiger partial charge on any atom is 0.186 e. The third kappa shape index (κ3) is 4.74. The average molecular weight is 605 g/mol. The number of unbranched alkanes of at least 4 members (excludes halogenated alkanes) is 5. The topological polar surface area (TPSA) is 39.3 Å². The summed E-state index contributed by atoms with van der Waals surface area (Å²) in [7, 11) is 0. The minimum absolute atomic E-state index is 1.09. The number of aromatic amines is 2. The van der Waals surface area contributed by atoms with Gasteiger partial charge >= 0.3 is 0 Å². The van der Waals surface area contributed by atoms with E-state index < -0.39 is 0 Å². The fourth-order valence-corrected chi connectivity index (χ4v) is 7.98. The zero-order valence-corrected chi connectivity index (χ0v) is 27.6. The summed E-state index contributed by atoms with van der Waals surface area (Å²) in [6.07, 6.45) is 12.2. The standard InChI is InChI=1S/C42H42N4/c1-27-31-19-23-45(29(3)35(31)25-37-33-15-9-11-17-39(33)43-41(27)37)21-13-7-5-6-8-14-22-46-24-20-32-28(2)42-38(26-36(32)30(46)4)34-16-10-12-18-40(34)44-42/h9-12,15-20,23-26H,5-8,13-14,21-22H2,1-4H3/p+2. The van der Waals surface area contributed by atoms with Gasteiger partial charge in [0.2, 0.25) is 0 Å². The van der Waals surface area contributed by atoms with Gasteiger partial charge in [-0.3, -0.25) is 0 Å². The molecular formula is C42H44N4+2. The first kappa shape index (κ1) is 28.8. The summed E-state index contributed by atoms with van der Waals surface area (Å²) in [5, 5.41) is 10.8. The molecule has 0 saturated carbocycles. The smallest absolute Gasteiger partial charge is 0.186 e. The minimum Gasteiger partial charge on any atom is -0.354 e. The molecular weight excluding hydrogens is 560 g/mol. The molecule has 0 spiro atoms. The Morgan fingerprint density at radius 1 is 0.435 bits per heavy atom. The Morgan fingerprint density at radius 3 is 1.30 bits per heavy atom. The highest BCUT2D eigenvalue weighted by atomic mass is 15.0. The van der Waals surface area contributed by atoms with Crippen LogP contribution in [0.2, 0.25) is 0 Å². The van der Waals surface area contributed by atoms with E-state index in [1.807, 2.05) is 0 Å². The lowest BCUT2D eigenvalue weighted by Crippen LogP contribution is -2.37. The molecule has 46 heavy (non-hydrogen) atoms. The summed E-state index contributed by atoms with van der Waals surface area (Å²) < 4.78 is 4.93. The Bertz CT molecular complexity index is 2250. The summed E-state index contributed by atoms with van der Waals surface area (Å²) in [6.45, 7) is 11.3. The molecule has 8 aromatic rings. The number of aryl methyl sites for hydroxylation is 6. The zero-order valence-electron chi connectivity index (χ0n) is 27.6. The summed E-state index contributed by atoms with van der Waals surface area (Å²) in [4.78, 5) is 7.31. The van der Waals surface area contributed by atoms with Crippen molar-refractivity contribution in [3.63, 3.8) is 0 Å². The number of pyridine rings is 2. The van der Waals surface area contributed by atoms with E-state index in [9.17, 15) is 0 Å². The molecule has 0 unspecified atom stereocenters. The number of H-pyrrole nitrogens is 2. The molecule has 0 radical (unpaired) electrons. The van der Waals surface area contributed by atoms with Gasteiger partial charge in [0.1, 0.15) is 13.1 Å². The molecule has 0 atom stereocenters. The number of rotatable bonds is 9. The monoisotopic (exact) mass is 604 g/mol. The normalized spacial score (nSPS) is 12.2. The first-order valence-corrected chi connectivity index (χ1v) is 17.1. The Morgan fingerprint density at radius 2 is 0.848 bits per heavy atom. The molecule has 0 aliphatic rings. The van der Waals surface area contributed by atoms with Crippen molar-refractivity contribution < 1.29 is 9.13 Å². The lowest BCUT2D eigenvalue weighted by molar-refractivity contribution is -0.702. The molecule has 0 bridgehead atoms. The minimum atomic E-state index is 1.09. The van der Waals surface area contributed by atoms with E-state index in [1.54, 1.807) is 0 Å². The predicted octanol–water partition coefficient (Wildman–Crippen LogP) is 10.1. The second-order valence-corrected chi connectivity index (χ2v) is 13.4. The molecule has 2 N–H and O–H groups in total. The van der Waals surface area contributed by atoms with Crippen LogP contribution in [0.15, 0.2) is 85.2 Å². The van der Waals surface area contributed by atoms with Gasteiger partial charge in [-0.2, -0.15) is 0 Å². The van der Waals surface area contributed by atoms with Crippen LogP contribution in [0, 0.1) is 27.7 Å². The molecule has 0 saturated heterocycles. The van der Waals surface area contributed by atoms with E-state index >= 15 is 0 Å². The number of aromatic nitrogens is 4. The van der Waals surface area contributed by atoms with Crippen molar-refractivity contribution in [1.29, 1.82) is 0 Å². The van der Waals surface area contributed by atoms with E-state index in [4.69, 9.17) is 0 Å². The quantitative estimate of drug-likeness (QED) is 0.122. The van der Waals surface area contributed by atoms with Crippen molar-refractivity contribution in [1.82, 2.24) is 9.97 Å². The lowest BCUT2D eigenvalue weighted by Gasteiger charge is -2.09. The van der Waals surface area contributed by atoms with Crippen molar-refractivity contribution in [2.45, 2.75) is 79.3 Å². The van der Waals surface area contributed by atoms with Crippen LogP contribution in [0.25, 0.3) is 65.2 Å². The van der Waals surface area contributed by atoms with Gasteiger partial charge in [-0.05, 0) is 72.9 Å². The SMILES string of the molecule is Cc1c2cc[n+](CCCCCCCC[n+]3ccc4c(C)c5[nH]c6ccccc6c5cc4c3C)c(C)c2cc2c1[nH]c1ccccc12. The second-order valence-electron chi connectivity index (χ2n) is 13.4. The molecule has 4 nitrogen and oxygen atoms in total. The third-order valence-electron chi connectivity index (χ3n) is 10.7. The number of para-hydroxylation sites is 2. The van der Waals surface area contributed by atoms with E-state index in [2.05, 4.69) is 132 Å². The number of hydrogen-bond acceptors (Lipinski definition) is 0. The van der Waals surface area contributed by atoms with Gasteiger partial charge in [0.25, 0.3) is 0 Å². The Hall–Kier alpha value is -4.70. The second kappa shape index (κ2) is 11.6. The van der Waals surface area contributed by atoms with Crippen molar-refractivity contribution in [2.75, 3.05) is 0 Å². The highest BCUT2D eigenvalue weighted by molar-refractivity contribution is 6.15. The molecule has 4 aromatic heterocycles. The van der Waals surface area contributed by atoms with Crippen molar-refractivity contribution >= 4 is 65.2 Å². The van der Waals surface area contributed by atoms with Gasteiger partial charge < -0.3 is 9.97 Å². The van der Waals surface area contributed by atoms with Crippen LogP contribution in [-0.2, 0) is 13.1 Å². The summed E-state index contributed by atoms with van der Waals surface area (Å²) in [5.41, 5.74) is 10.4. The third-order valence-corrected chi connectivity index (χ3v) is 10.7. The van der Waals surface area contributed by atoms with Crippen molar-refractivity contribution in [3.8, 4) is 0 Å². The van der Waals surface area contributed by atoms with E-state index in [0.29, 0.717) is 0 Å². The molecule has 4 heteroatoms. The van der Waals surface area contributed by atoms with Gasteiger partial charge in [0.05, 0.1) is 11.0 Å². The van der Waals surface area contributed by atoms with E-state index in [1.165, 1.54) is 126 Å². The van der Waals surface area contributed by atoms with Gasteiger partial charge in [0.15, 0.2) is 23.8 Å². The van der Waals surface area contributed by atoms with Crippen LogP contribution in [0.1, 0.15) is 61.0 Å². The zero-order chi connectivity index (χ0) is 31.4. The highest BCUT2D eigenvalue weighted by Crippen LogP contribution is 2.34.